The summed E-state index contributed by atoms with van der Waals surface area (Å²) in [4.78, 5) is 12.0. The van der Waals surface area contributed by atoms with Crippen molar-refractivity contribution >= 4 is 13.9 Å². The van der Waals surface area contributed by atoms with Gasteiger partial charge in [0.1, 0.15) is 24.0 Å². The maximum absolute atomic E-state index is 14.5. The van der Waals surface area contributed by atoms with E-state index in [2.05, 4.69) is 19.6 Å². The van der Waals surface area contributed by atoms with Crippen LogP contribution in [0.4, 0.5) is 4.39 Å². The minimum atomic E-state index is -1.84. The Bertz CT molecular complexity index is 678. The van der Waals surface area contributed by atoms with Gasteiger partial charge in [-0.1, -0.05) is 56.0 Å². The average molecular weight is 330 g/mol. The predicted molar refractivity (Wildman–Crippen MR) is 93.9 cm³/mol. The van der Waals surface area contributed by atoms with Crippen LogP contribution in [0.2, 0.25) is 19.6 Å². The van der Waals surface area contributed by atoms with Gasteiger partial charge in [-0.25, -0.2) is 4.39 Å². The van der Waals surface area contributed by atoms with E-state index in [-0.39, 0.29) is 17.1 Å². The topological polar surface area (TPSA) is 26.3 Å². The fourth-order valence-electron chi connectivity index (χ4n) is 2.87. The van der Waals surface area contributed by atoms with Crippen LogP contribution in [-0.2, 0) is 11.4 Å². The molecule has 23 heavy (non-hydrogen) atoms. The fourth-order valence-corrected chi connectivity index (χ4v) is 5.25. The summed E-state index contributed by atoms with van der Waals surface area (Å²) in [6, 6.07) is 14.6. The molecule has 0 aliphatic carbocycles. The van der Waals surface area contributed by atoms with Gasteiger partial charge < -0.3 is 4.74 Å². The first kappa shape index (κ1) is 17.4. The number of carbonyl (C=O) groups is 1. The summed E-state index contributed by atoms with van der Waals surface area (Å²) in [6.07, 6.45) is 0. The first-order valence-corrected chi connectivity index (χ1v) is 11.3. The Kier molecular flexibility index (Phi) is 5.37. The first-order chi connectivity index (χ1) is 10.8. The number of rotatable bonds is 6. The van der Waals surface area contributed by atoms with Crippen molar-refractivity contribution < 1.29 is 13.9 Å². The highest BCUT2D eigenvalue weighted by Gasteiger charge is 2.33. The molecule has 0 spiro atoms. The minimum absolute atomic E-state index is 0.0287. The molecule has 2 aromatic rings. The van der Waals surface area contributed by atoms with Crippen molar-refractivity contribution in [1.29, 1.82) is 0 Å². The molecule has 0 fully saturated rings. The van der Waals surface area contributed by atoms with Crippen molar-refractivity contribution in [3.63, 3.8) is 0 Å². The highest BCUT2D eigenvalue weighted by atomic mass is 28.3. The van der Waals surface area contributed by atoms with Crippen molar-refractivity contribution in [3.05, 3.63) is 65.5 Å². The lowest BCUT2D eigenvalue weighted by Gasteiger charge is -2.27. The molecule has 1 unspecified atom stereocenters. The number of carbonyl (C=O) groups excluding carboxylic acids is 1. The van der Waals surface area contributed by atoms with Gasteiger partial charge in [-0.05, 0) is 24.1 Å². The molecule has 0 bridgehead atoms. The predicted octanol–water partition coefficient (Wildman–Crippen LogP) is 4.95. The van der Waals surface area contributed by atoms with Crippen molar-refractivity contribution in [2.75, 3.05) is 0 Å². The molecule has 0 saturated carbocycles. The maximum atomic E-state index is 14.5. The summed E-state index contributed by atoms with van der Waals surface area (Å²) in [5, 5.41) is 0. The fraction of sp³-hybridized carbons (Fsp3) is 0.316. The number of benzene rings is 2. The molecule has 1 atom stereocenters. The van der Waals surface area contributed by atoms with E-state index in [0.29, 0.717) is 17.9 Å². The van der Waals surface area contributed by atoms with Crippen LogP contribution >= 0.6 is 0 Å². The second-order valence-corrected chi connectivity index (χ2v) is 12.2. The van der Waals surface area contributed by atoms with E-state index in [1.807, 2.05) is 30.3 Å². The van der Waals surface area contributed by atoms with E-state index < -0.39 is 8.07 Å². The molecule has 0 aromatic heterocycles. The zero-order valence-electron chi connectivity index (χ0n) is 14.1. The molecule has 4 heteroatoms. The smallest absolute Gasteiger partial charge is 0.134 e. The highest BCUT2D eigenvalue weighted by Crippen LogP contribution is 2.31. The molecule has 2 aromatic carbocycles. The van der Waals surface area contributed by atoms with Gasteiger partial charge in [-0.2, -0.15) is 0 Å². The Balaban J connectivity index is 2.18. The zero-order valence-corrected chi connectivity index (χ0v) is 15.1. The van der Waals surface area contributed by atoms with Crippen LogP contribution < -0.4 is 4.74 Å². The van der Waals surface area contributed by atoms with E-state index >= 15 is 0 Å². The van der Waals surface area contributed by atoms with Gasteiger partial charge in [0.15, 0.2) is 0 Å². The van der Waals surface area contributed by atoms with Crippen molar-refractivity contribution in [2.24, 2.45) is 0 Å². The Morgan fingerprint density at radius 2 is 1.78 bits per heavy atom. The third kappa shape index (κ3) is 4.52. The van der Waals surface area contributed by atoms with Crippen LogP contribution in [0.15, 0.2) is 48.5 Å². The van der Waals surface area contributed by atoms with Crippen LogP contribution in [0.25, 0.3) is 0 Å². The molecule has 122 valence electrons. The van der Waals surface area contributed by atoms with Crippen LogP contribution in [0.3, 0.4) is 0 Å². The summed E-state index contributed by atoms with van der Waals surface area (Å²) >= 11 is 0. The van der Waals surface area contributed by atoms with Gasteiger partial charge in [-0.15, -0.1) is 0 Å². The van der Waals surface area contributed by atoms with Crippen molar-refractivity contribution in [2.45, 2.75) is 38.7 Å². The summed E-state index contributed by atoms with van der Waals surface area (Å²) in [5.74, 6) is 0.146. The van der Waals surface area contributed by atoms with E-state index in [1.165, 1.54) is 6.07 Å². The molecule has 0 radical (unpaired) electrons. The van der Waals surface area contributed by atoms with Crippen LogP contribution in [0.5, 0.6) is 5.75 Å². The number of hydrogen-bond acceptors (Lipinski definition) is 2. The van der Waals surface area contributed by atoms with Gasteiger partial charge in [0.25, 0.3) is 0 Å². The van der Waals surface area contributed by atoms with Gasteiger partial charge in [0, 0.05) is 11.6 Å². The molecule has 2 rings (SSSR count). The molecule has 0 N–H and O–H groups in total. The molecule has 0 heterocycles. The van der Waals surface area contributed by atoms with Crippen molar-refractivity contribution in [1.82, 2.24) is 0 Å². The Hall–Kier alpha value is -1.94. The van der Waals surface area contributed by atoms with Gasteiger partial charge in [0.05, 0.1) is 8.07 Å². The monoisotopic (exact) mass is 330 g/mol. The second-order valence-electron chi connectivity index (χ2n) is 6.87. The Morgan fingerprint density at radius 1 is 1.13 bits per heavy atom. The lowest BCUT2D eigenvalue weighted by Crippen LogP contribution is -2.36. The zero-order chi connectivity index (χ0) is 17.0. The molecule has 2 nitrogen and oxygen atoms in total. The lowest BCUT2D eigenvalue weighted by atomic mass is 10.1. The van der Waals surface area contributed by atoms with E-state index in [4.69, 9.17) is 4.74 Å². The molecule has 0 amide bonds. The number of hydrogen-bond donors (Lipinski definition) is 0. The molecule has 0 saturated heterocycles. The first-order valence-electron chi connectivity index (χ1n) is 7.75. The molecular formula is C19H23FO2Si. The second kappa shape index (κ2) is 7.09. The van der Waals surface area contributed by atoms with E-state index in [0.717, 1.165) is 5.56 Å². The van der Waals surface area contributed by atoms with Gasteiger partial charge >= 0.3 is 0 Å². The summed E-state index contributed by atoms with van der Waals surface area (Å²) in [5.41, 5.74) is 1.19. The Morgan fingerprint density at radius 3 is 2.30 bits per heavy atom. The van der Waals surface area contributed by atoms with Crippen molar-refractivity contribution in [3.8, 4) is 5.75 Å². The van der Waals surface area contributed by atoms with Crippen LogP contribution in [-0.4, -0.2) is 13.9 Å². The molecular weight excluding hydrogens is 307 g/mol. The van der Waals surface area contributed by atoms with Crippen LogP contribution in [0, 0.1) is 5.82 Å². The summed E-state index contributed by atoms with van der Waals surface area (Å²) < 4.78 is 20.1. The third-order valence-electron chi connectivity index (χ3n) is 3.80. The number of ether oxygens (including phenoxy) is 1. The summed E-state index contributed by atoms with van der Waals surface area (Å²) in [7, 11) is -1.84. The number of halogens is 1. The molecule has 0 aliphatic heterocycles. The van der Waals surface area contributed by atoms with Gasteiger partial charge in [-0.3, -0.25) is 4.79 Å². The minimum Gasteiger partial charge on any atom is -0.489 e. The average Bonchev–Trinajstić information content (AvgIpc) is 2.47. The number of Topliss-reactive ketones (excluding diaryl/α,β-unsaturated/α-hetero) is 1. The molecule has 0 aliphatic rings. The normalized spacial score (nSPS) is 12.7. The maximum Gasteiger partial charge on any atom is 0.134 e. The third-order valence-corrected chi connectivity index (χ3v) is 6.25. The number of ketones is 1. The highest BCUT2D eigenvalue weighted by molar-refractivity contribution is 6.80. The van der Waals surface area contributed by atoms with Gasteiger partial charge in [0.2, 0.25) is 0 Å². The Labute approximate surface area is 138 Å². The lowest BCUT2D eigenvalue weighted by molar-refractivity contribution is -0.117. The van der Waals surface area contributed by atoms with Crippen LogP contribution in [0.1, 0.15) is 23.6 Å². The quantitative estimate of drug-likeness (QED) is 0.700. The SMILES string of the molecule is CC(=O)C(c1ccc(OCc2ccccc2)cc1F)[Si](C)(C)C. The standard InChI is InChI=1S/C19H23FO2Si/c1-14(21)19(23(2,3)4)17-11-10-16(12-18(17)20)22-13-15-8-6-5-7-9-15/h5-12,19H,13H2,1-4H3. The summed E-state index contributed by atoms with van der Waals surface area (Å²) in [6.45, 7) is 8.18. The van der Waals surface area contributed by atoms with E-state index in [9.17, 15) is 9.18 Å². The largest absolute Gasteiger partial charge is 0.489 e. The van der Waals surface area contributed by atoms with E-state index in [1.54, 1.807) is 19.1 Å².